The van der Waals surface area contributed by atoms with E-state index in [1.807, 2.05) is 0 Å². The number of esters is 1. The van der Waals surface area contributed by atoms with Crippen LogP contribution >= 0.6 is 0 Å². The summed E-state index contributed by atoms with van der Waals surface area (Å²) in [6, 6.07) is 6.29. The monoisotopic (exact) mass is 247 g/mol. The number of methoxy groups -OCH3 is 1. The van der Waals surface area contributed by atoms with Crippen molar-refractivity contribution in [2.75, 3.05) is 7.11 Å². The molecule has 0 radical (unpaired) electrons. The number of nitrogens with one attached hydrogen (secondary N) is 1. The number of aromatic amines is 1. The number of carbonyl (C=O) groups is 1. The lowest BCUT2D eigenvalue weighted by Crippen LogP contribution is -2.20. The molecule has 1 aromatic carbocycles. The maximum Gasteiger partial charge on any atom is 0.313 e. The Kier molecular flexibility index (Phi) is 3.06. The highest BCUT2D eigenvalue weighted by Crippen LogP contribution is 2.20. The number of rotatable bonds is 2. The van der Waals surface area contributed by atoms with Crippen molar-refractivity contribution in [3.8, 4) is 5.75 Å². The molecule has 0 saturated heterocycles. The van der Waals surface area contributed by atoms with Crippen molar-refractivity contribution < 1.29 is 14.6 Å². The molecule has 0 spiro atoms. The Balaban J connectivity index is 2.60. The number of carbonyl (C=O) groups excluding carboxylic acids is 1. The van der Waals surface area contributed by atoms with Crippen molar-refractivity contribution in [1.82, 2.24) is 4.98 Å². The summed E-state index contributed by atoms with van der Waals surface area (Å²) in [6.07, 6.45) is 0. The van der Waals surface area contributed by atoms with E-state index in [4.69, 9.17) is 0 Å². The summed E-state index contributed by atoms with van der Waals surface area (Å²) in [6.45, 7) is 1.61. The van der Waals surface area contributed by atoms with Gasteiger partial charge in [0.2, 0.25) is 0 Å². The highest BCUT2D eigenvalue weighted by atomic mass is 16.5. The van der Waals surface area contributed by atoms with Gasteiger partial charge in [-0.05, 0) is 30.5 Å². The van der Waals surface area contributed by atoms with Gasteiger partial charge < -0.3 is 14.8 Å². The first-order valence-corrected chi connectivity index (χ1v) is 5.46. The third-order valence-corrected chi connectivity index (χ3v) is 2.88. The van der Waals surface area contributed by atoms with Crippen LogP contribution in [0.5, 0.6) is 5.75 Å². The van der Waals surface area contributed by atoms with Gasteiger partial charge in [-0.15, -0.1) is 0 Å². The number of benzene rings is 1. The minimum Gasteiger partial charge on any atom is -0.508 e. The summed E-state index contributed by atoms with van der Waals surface area (Å²) >= 11 is 0. The van der Waals surface area contributed by atoms with Crippen LogP contribution < -0.4 is 5.56 Å². The second kappa shape index (κ2) is 4.52. The van der Waals surface area contributed by atoms with Gasteiger partial charge >= 0.3 is 5.97 Å². The predicted molar refractivity (Wildman–Crippen MR) is 66.7 cm³/mol. The molecule has 1 unspecified atom stereocenters. The fourth-order valence-electron chi connectivity index (χ4n) is 1.83. The standard InChI is InChI=1S/C13H13NO4/c1-7(13(17)18-2)10-5-8-3-4-9(15)6-11(8)14-12(10)16/h3-7,15H,1-2H3,(H,14,16). The summed E-state index contributed by atoms with van der Waals surface area (Å²) in [4.78, 5) is 25.9. The second-order valence-corrected chi connectivity index (χ2v) is 4.07. The number of fused-ring (bicyclic) bond motifs is 1. The van der Waals surface area contributed by atoms with Crippen LogP contribution in [0.3, 0.4) is 0 Å². The van der Waals surface area contributed by atoms with Crippen LogP contribution in [0.2, 0.25) is 0 Å². The van der Waals surface area contributed by atoms with Crippen molar-refractivity contribution in [3.63, 3.8) is 0 Å². The summed E-state index contributed by atoms with van der Waals surface area (Å²) in [7, 11) is 1.28. The molecule has 2 N–H and O–H groups in total. The zero-order chi connectivity index (χ0) is 13.3. The maximum atomic E-state index is 11.9. The number of aromatic hydroxyl groups is 1. The number of hydrogen-bond donors (Lipinski definition) is 2. The number of aromatic nitrogens is 1. The molecule has 0 amide bonds. The second-order valence-electron chi connectivity index (χ2n) is 4.07. The molecule has 0 aliphatic heterocycles. The minimum atomic E-state index is -0.628. The van der Waals surface area contributed by atoms with E-state index in [0.29, 0.717) is 11.1 Å². The summed E-state index contributed by atoms with van der Waals surface area (Å²) in [5.74, 6) is -1.01. The van der Waals surface area contributed by atoms with Crippen LogP contribution in [-0.2, 0) is 9.53 Å². The fraction of sp³-hybridized carbons (Fsp3) is 0.231. The number of hydrogen-bond acceptors (Lipinski definition) is 4. The van der Waals surface area contributed by atoms with E-state index in [0.717, 1.165) is 5.39 Å². The Hall–Kier alpha value is -2.30. The largest absolute Gasteiger partial charge is 0.508 e. The Morgan fingerprint density at radius 1 is 1.39 bits per heavy atom. The van der Waals surface area contributed by atoms with Gasteiger partial charge in [0.15, 0.2) is 0 Å². The van der Waals surface area contributed by atoms with Gasteiger partial charge in [0.1, 0.15) is 5.75 Å². The molecule has 0 bridgehead atoms. The molecule has 94 valence electrons. The summed E-state index contributed by atoms with van der Waals surface area (Å²) in [5, 5.41) is 10.1. The molecule has 1 atom stereocenters. The molecule has 5 nitrogen and oxygen atoms in total. The van der Waals surface area contributed by atoms with Gasteiger partial charge in [-0.2, -0.15) is 0 Å². The molecular weight excluding hydrogens is 234 g/mol. The molecule has 5 heteroatoms. The highest BCUT2D eigenvalue weighted by Gasteiger charge is 2.19. The smallest absolute Gasteiger partial charge is 0.313 e. The molecule has 18 heavy (non-hydrogen) atoms. The first-order valence-electron chi connectivity index (χ1n) is 5.46. The quantitative estimate of drug-likeness (QED) is 0.788. The molecule has 0 fully saturated rings. The number of pyridine rings is 1. The Labute approximate surface area is 103 Å². The summed E-state index contributed by atoms with van der Waals surface area (Å²) < 4.78 is 4.62. The van der Waals surface area contributed by atoms with Crippen LogP contribution in [0.25, 0.3) is 10.9 Å². The van der Waals surface area contributed by atoms with E-state index >= 15 is 0 Å². The zero-order valence-corrected chi connectivity index (χ0v) is 10.1. The van der Waals surface area contributed by atoms with Crippen LogP contribution in [-0.4, -0.2) is 23.2 Å². The predicted octanol–water partition coefficient (Wildman–Crippen LogP) is 1.51. The number of ether oxygens (including phenoxy) is 1. The lowest BCUT2D eigenvalue weighted by atomic mass is 10.0. The van der Waals surface area contributed by atoms with Crippen molar-refractivity contribution in [2.24, 2.45) is 0 Å². The normalized spacial score (nSPS) is 12.3. The number of phenols is 1. The van der Waals surface area contributed by atoms with Crippen molar-refractivity contribution in [3.05, 3.63) is 40.2 Å². The van der Waals surface area contributed by atoms with E-state index < -0.39 is 11.9 Å². The third kappa shape index (κ3) is 2.07. The minimum absolute atomic E-state index is 0.0758. The van der Waals surface area contributed by atoms with Crippen LogP contribution in [0.4, 0.5) is 0 Å². The number of phenolic OH excluding ortho intramolecular Hbond substituents is 1. The highest BCUT2D eigenvalue weighted by molar-refractivity contribution is 5.83. The average Bonchev–Trinajstić information content (AvgIpc) is 2.36. The van der Waals surface area contributed by atoms with Crippen LogP contribution in [0.1, 0.15) is 18.4 Å². The Bertz CT molecular complexity index is 660. The lowest BCUT2D eigenvalue weighted by Gasteiger charge is -2.09. The maximum absolute atomic E-state index is 11.9. The van der Waals surface area contributed by atoms with Crippen molar-refractivity contribution in [1.29, 1.82) is 0 Å². The van der Waals surface area contributed by atoms with Crippen molar-refractivity contribution >= 4 is 16.9 Å². The van der Waals surface area contributed by atoms with Gasteiger partial charge in [0, 0.05) is 11.6 Å². The Morgan fingerprint density at radius 3 is 2.78 bits per heavy atom. The fourth-order valence-corrected chi connectivity index (χ4v) is 1.83. The SMILES string of the molecule is COC(=O)C(C)c1cc2ccc(O)cc2[nH]c1=O. The molecule has 1 aromatic heterocycles. The lowest BCUT2D eigenvalue weighted by molar-refractivity contribution is -0.142. The number of H-pyrrole nitrogens is 1. The first kappa shape index (κ1) is 12.2. The van der Waals surface area contributed by atoms with E-state index in [1.54, 1.807) is 19.1 Å². The molecular formula is C13H13NO4. The van der Waals surface area contributed by atoms with Gasteiger partial charge in [-0.1, -0.05) is 0 Å². The van der Waals surface area contributed by atoms with Crippen LogP contribution in [0.15, 0.2) is 29.1 Å². The molecule has 0 aliphatic carbocycles. The molecule has 0 saturated carbocycles. The van der Waals surface area contributed by atoms with E-state index in [9.17, 15) is 14.7 Å². The van der Waals surface area contributed by atoms with Gasteiger partial charge in [0.25, 0.3) is 5.56 Å². The third-order valence-electron chi connectivity index (χ3n) is 2.88. The van der Waals surface area contributed by atoms with E-state index in [1.165, 1.54) is 19.2 Å². The van der Waals surface area contributed by atoms with Gasteiger partial charge in [-0.3, -0.25) is 9.59 Å². The van der Waals surface area contributed by atoms with Crippen LogP contribution in [0, 0.1) is 0 Å². The molecule has 1 heterocycles. The van der Waals surface area contributed by atoms with E-state index in [2.05, 4.69) is 9.72 Å². The van der Waals surface area contributed by atoms with Gasteiger partial charge in [0.05, 0.1) is 18.5 Å². The van der Waals surface area contributed by atoms with Gasteiger partial charge in [-0.25, -0.2) is 0 Å². The Morgan fingerprint density at radius 2 is 2.11 bits per heavy atom. The van der Waals surface area contributed by atoms with Crippen molar-refractivity contribution in [2.45, 2.75) is 12.8 Å². The average molecular weight is 247 g/mol. The first-order chi connectivity index (χ1) is 8.52. The molecule has 0 aliphatic rings. The summed E-state index contributed by atoms with van der Waals surface area (Å²) in [5.41, 5.74) is 0.520. The zero-order valence-electron chi connectivity index (χ0n) is 10.1. The molecule has 2 rings (SSSR count). The van der Waals surface area contributed by atoms with E-state index in [-0.39, 0.29) is 11.3 Å². The topological polar surface area (TPSA) is 79.4 Å². The molecule has 2 aromatic rings.